The third-order valence-electron chi connectivity index (χ3n) is 6.92. The first-order chi connectivity index (χ1) is 17.1. The molecule has 1 aliphatic rings. The first kappa shape index (κ1) is 23.6. The topological polar surface area (TPSA) is 109 Å². The predicted octanol–water partition coefficient (Wildman–Crippen LogP) is 4.43. The average Bonchev–Trinajstić information content (AvgIpc) is 3.39. The Balaban J connectivity index is 1.74. The maximum atomic E-state index is 12.7. The number of carbonyl (C=O) groups excluding carboxylic acids is 2. The number of H-pyrrole nitrogens is 1. The van der Waals surface area contributed by atoms with E-state index in [1.54, 1.807) is 25.9 Å². The maximum absolute atomic E-state index is 12.7. The molecule has 3 aromatic carbocycles. The number of nitrogens with two attached hydrogens (primary N) is 1. The number of benzene rings is 3. The van der Waals surface area contributed by atoms with Gasteiger partial charge in [0, 0.05) is 28.1 Å². The molecule has 5 rings (SSSR count). The van der Waals surface area contributed by atoms with E-state index in [1.165, 1.54) is 6.08 Å². The Hall–Kier alpha value is -4.10. The van der Waals surface area contributed by atoms with Crippen LogP contribution >= 0.6 is 0 Å². The average molecular weight is 484 g/mol. The number of anilines is 1. The number of hydrogen-bond acceptors (Lipinski definition) is 4. The van der Waals surface area contributed by atoms with E-state index in [0.717, 1.165) is 55.3 Å². The Morgan fingerprint density at radius 3 is 2.61 bits per heavy atom. The monoisotopic (exact) mass is 483 g/mol. The van der Waals surface area contributed by atoms with Gasteiger partial charge in [-0.3, -0.25) is 9.59 Å². The zero-order chi connectivity index (χ0) is 25.8. The van der Waals surface area contributed by atoms with Gasteiger partial charge in [-0.25, -0.2) is 0 Å². The van der Waals surface area contributed by atoms with Crippen molar-refractivity contribution in [3.05, 3.63) is 77.1 Å². The molecule has 0 saturated heterocycles. The summed E-state index contributed by atoms with van der Waals surface area (Å²) >= 11 is 0. The second kappa shape index (κ2) is 8.53. The number of aromatic nitrogens is 1. The quantitative estimate of drug-likeness (QED) is 0.377. The molecule has 0 aliphatic carbocycles. The van der Waals surface area contributed by atoms with Crippen molar-refractivity contribution < 1.29 is 19.4 Å². The van der Waals surface area contributed by atoms with Gasteiger partial charge in [0.15, 0.2) is 0 Å². The zero-order valence-electron chi connectivity index (χ0n) is 20.8. The molecule has 1 aromatic heterocycles. The van der Waals surface area contributed by atoms with Gasteiger partial charge in [-0.2, -0.15) is 0 Å². The number of methoxy groups -OCH3 is 1. The fraction of sp³-hybridized carbons (Fsp3) is 0.241. The van der Waals surface area contributed by atoms with E-state index in [2.05, 4.69) is 4.98 Å². The molecular formula is C29H29N3O4. The number of hydrogen-bond donors (Lipinski definition) is 3. The number of nitrogens with one attached hydrogen (secondary N) is 1. The highest BCUT2D eigenvalue weighted by Crippen LogP contribution is 2.41. The van der Waals surface area contributed by atoms with E-state index in [4.69, 9.17) is 10.5 Å². The fourth-order valence-corrected chi connectivity index (χ4v) is 5.04. The Kier molecular flexibility index (Phi) is 5.60. The maximum Gasteiger partial charge on any atom is 0.254 e. The van der Waals surface area contributed by atoms with Crippen LogP contribution in [-0.2, 0) is 26.3 Å². The molecular weight excluding hydrogens is 454 g/mol. The highest BCUT2D eigenvalue weighted by molar-refractivity contribution is 6.16. The molecule has 0 unspecified atom stereocenters. The summed E-state index contributed by atoms with van der Waals surface area (Å²) < 4.78 is 5.30. The van der Waals surface area contributed by atoms with Gasteiger partial charge in [0.05, 0.1) is 31.2 Å². The van der Waals surface area contributed by atoms with Crippen molar-refractivity contribution in [1.82, 2.24) is 4.98 Å². The number of carbonyl (C=O) groups is 2. The van der Waals surface area contributed by atoms with Gasteiger partial charge in [0.1, 0.15) is 5.76 Å². The van der Waals surface area contributed by atoms with Crippen LogP contribution in [0.2, 0.25) is 0 Å². The Morgan fingerprint density at radius 2 is 1.94 bits per heavy atom. The summed E-state index contributed by atoms with van der Waals surface area (Å²) in [6.45, 7) is 5.89. The summed E-state index contributed by atoms with van der Waals surface area (Å²) in [5.41, 5.74) is 11.6. The molecule has 2 heterocycles. The van der Waals surface area contributed by atoms with E-state index < -0.39 is 11.5 Å². The summed E-state index contributed by atoms with van der Waals surface area (Å²) in [5, 5.41) is 12.5. The van der Waals surface area contributed by atoms with Gasteiger partial charge < -0.3 is 25.5 Å². The highest BCUT2D eigenvalue weighted by atomic mass is 16.5. The van der Waals surface area contributed by atoms with Crippen LogP contribution in [-0.4, -0.2) is 35.6 Å². The Bertz CT molecular complexity index is 1570. The minimum absolute atomic E-state index is 0.106. The van der Waals surface area contributed by atoms with Gasteiger partial charge in [-0.05, 0) is 60.7 Å². The lowest BCUT2D eigenvalue weighted by Crippen LogP contribution is -2.26. The van der Waals surface area contributed by atoms with Crippen molar-refractivity contribution in [2.45, 2.75) is 32.8 Å². The molecule has 7 nitrogen and oxygen atoms in total. The predicted molar refractivity (Wildman–Crippen MR) is 142 cm³/mol. The summed E-state index contributed by atoms with van der Waals surface area (Å²) in [4.78, 5) is 29.7. The lowest BCUT2D eigenvalue weighted by Gasteiger charge is -2.21. The number of aromatic amines is 1. The van der Waals surface area contributed by atoms with E-state index in [0.29, 0.717) is 12.3 Å². The van der Waals surface area contributed by atoms with E-state index in [-0.39, 0.29) is 12.3 Å². The molecule has 36 heavy (non-hydrogen) atoms. The van der Waals surface area contributed by atoms with Crippen LogP contribution in [0.1, 0.15) is 30.5 Å². The SMILES string of the molecule is COC1=CC(=O)N(c2cccc(-c3ccc(CC(N)=O)c4[nH]c5cc(C(C)(C)O)ccc5c34)c2C)C1. The molecule has 0 spiro atoms. The number of rotatable bonds is 6. The number of ether oxygens (including phenoxy) is 1. The van der Waals surface area contributed by atoms with E-state index >= 15 is 0 Å². The number of aliphatic hydroxyl groups is 1. The van der Waals surface area contributed by atoms with Crippen molar-refractivity contribution in [2.75, 3.05) is 18.6 Å². The number of nitrogens with zero attached hydrogens (tertiary/aromatic N) is 1. The van der Waals surface area contributed by atoms with Crippen LogP contribution in [0.15, 0.2) is 60.4 Å². The molecule has 1 aliphatic heterocycles. The van der Waals surface area contributed by atoms with Gasteiger partial charge >= 0.3 is 0 Å². The second-order valence-electron chi connectivity index (χ2n) is 9.80. The minimum atomic E-state index is -0.993. The van der Waals surface area contributed by atoms with E-state index in [1.807, 2.05) is 55.5 Å². The molecule has 0 bridgehead atoms. The lowest BCUT2D eigenvalue weighted by molar-refractivity contribution is -0.117. The number of fused-ring (bicyclic) bond motifs is 3. The van der Waals surface area contributed by atoms with Crippen molar-refractivity contribution in [3.8, 4) is 11.1 Å². The fourth-order valence-electron chi connectivity index (χ4n) is 5.04. The molecule has 0 radical (unpaired) electrons. The van der Waals surface area contributed by atoms with Crippen molar-refractivity contribution >= 4 is 39.3 Å². The van der Waals surface area contributed by atoms with Crippen LogP contribution in [0.4, 0.5) is 5.69 Å². The van der Waals surface area contributed by atoms with Crippen LogP contribution in [0, 0.1) is 6.92 Å². The van der Waals surface area contributed by atoms with Crippen molar-refractivity contribution in [3.63, 3.8) is 0 Å². The second-order valence-corrected chi connectivity index (χ2v) is 9.80. The normalized spacial score (nSPS) is 14.1. The first-order valence-electron chi connectivity index (χ1n) is 11.8. The van der Waals surface area contributed by atoms with Gasteiger partial charge in [0.2, 0.25) is 5.91 Å². The molecule has 7 heteroatoms. The smallest absolute Gasteiger partial charge is 0.254 e. The largest absolute Gasteiger partial charge is 0.499 e. The standard InChI is InChI=1S/C29H29N3O4/c1-16-20(6-5-7-24(16)32-15-19(36-4)14-26(32)34)21-10-8-17(12-25(30)33)28-27(21)22-11-9-18(29(2,3)35)13-23(22)31-28/h5-11,13-14,31,35H,12,15H2,1-4H3,(H2,30,33). The molecule has 0 atom stereocenters. The van der Waals surface area contributed by atoms with Crippen LogP contribution in [0.25, 0.3) is 32.9 Å². The van der Waals surface area contributed by atoms with Gasteiger partial charge in [0.25, 0.3) is 5.91 Å². The van der Waals surface area contributed by atoms with Crippen molar-refractivity contribution in [2.24, 2.45) is 5.73 Å². The van der Waals surface area contributed by atoms with E-state index in [9.17, 15) is 14.7 Å². The third-order valence-corrected chi connectivity index (χ3v) is 6.92. The summed E-state index contributed by atoms with van der Waals surface area (Å²) in [7, 11) is 1.57. The van der Waals surface area contributed by atoms with Crippen LogP contribution in [0.5, 0.6) is 0 Å². The number of primary amides is 1. The first-order valence-corrected chi connectivity index (χ1v) is 11.8. The molecule has 4 aromatic rings. The zero-order valence-corrected chi connectivity index (χ0v) is 20.8. The van der Waals surface area contributed by atoms with Gasteiger partial charge in [-0.15, -0.1) is 0 Å². The molecule has 184 valence electrons. The van der Waals surface area contributed by atoms with Crippen LogP contribution < -0.4 is 10.6 Å². The molecule has 2 amide bonds. The molecule has 0 saturated carbocycles. The Morgan fingerprint density at radius 1 is 1.17 bits per heavy atom. The summed E-state index contributed by atoms with van der Waals surface area (Å²) in [6, 6.07) is 15.7. The van der Waals surface area contributed by atoms with Crippen LogP contribution in [0.3, 0.4) is 0 Å². The minimum Gasteiger partial charge on any atom is -0.499 e. The summed E-state index contributed by atoms with van der Waals surface area (Å²) in [6.07, 6.45) is 1.62. The lowest BCUT2D eigenvalue weighted by atomic mass is 9.91. The molecule has 0 fully saturated rings. The Labute approximate surface area is 209 Å². The highest BCUT2D eigenvalue weighted by Gasteiger charge is 2.26. The number of amides is 2. The molecule has 4 N–H and O–H groups in total. The van der Waals surface area contributed by atoms with Gasteiger partial charge in [-0.1, -0.05) is 36.4 Å². The summed E-state index contributed by atoms with van der Waals surface area (Å²) in [5.74, 6) is 0.106. The van der Waals surface area contributed by atoms with Crippen molar-refractivity contribution in [1.29, 1.82) is 0 Å². The third kappa shape index (κ3) is 3.91.